The van der Waals surface area contributed by atoms with Crippen LogP contribution in [0.4, 0.5) is 0 Å². The molecule has 0 radical (unpaired) electrons. The van der Waals surface area contributed by atoms with Crippen molar-refractivity contribution >= 4 is 29.1 Å². The highest BCUT2D eigenvalue weighted by molar-refractivity contribution is 6.46. The van der Waals surface area contributed by atoms with Crippen LogP contribution in [-0.2, 0) is 9.59 Å². The first-order chi connectivity index (χ1) is 15.2. The lowest BCUT2D eigenvalue weighted by Crippen LogP contribution is -3.06. The fourth-order valence-electron chi connectivity index (χ4n) is 3.77. The van der Waals surface area contributed by atoms with Crippen LogP contribution in [0, 0.1) is 6.92 Å². The van der Waals surface area contributed by atoms with E-state index in [1.54, 1.807) is 42.5 Å². The highest BCUT2D eigenvalue weighted by atomic mass is 35.5. The van der Waals surface area contributed by atoms with Gasteiger partial charge in [0.25, 0.3) is 11.7 Å². The van der Waals surface area contributed by atoms with E-state index in [1.165, 1.54) is 4.90 Å². The summed E-state index contributed by atoms with van der Waals surface area (Å²) in [6.45, 7) is 5.57. The summed E-state index contributed by atoms with van der Waals surface area (Å²) in [7, 11) is 3.97. The number of benzene rings is 2. The lowest BCUT2D eigenvalue weighted by molar-refractivity contribution is -0.857. The Labute approximate surface area is 194 Å². The number of hydrogen-bond donors (Lipinski definition) is 2. The van der Waals surface area contributed by atoms with E-state index in [1.807, 2.05) is 27.9 Å². The summed E-state index contributed by atoms with van der Waals surface area (Å²) in [5.74, 6) is -0.743. The molecule has 2 aromatic carbocycles. The largest absolute Gasteiger partial charge is 0.507 e. The zero-order valence-electron chi connectivity index (χ0n) is 18.9. The summed E-state index contributed by atoms with van der Waals surface area (Å²) in [5, 5.41) is 11.7. The summed E-state index contributed by atoms with van der Waals surface area (Å²) < 4.78 is 5.72. The number of aliphatic hydroxyl groups is 1. The smallest absolute Gasteiger partial charge is 0.295 e. The summed E-state index contributed by atoms with van der Waals surface area (Å²) in [5.41, 5.74) is 2.13. The minimum atomic E-state index is -0.680. The van der Waals surface area contributed by atoms with Gasteiger partial charge >= 0.3 is 0 Å². The quantitative estimate of drug-likeness (QED) is 0.363. The maximum absolute atomic E-state index is 13.1. The number of rotatable bonds is 8. The number of likely N-dealkylation sites (N-methyl/N-ethyl adjacent to an activating group) is 1. The van der Waals surface area contributed by atoms with E-state index in [9.17, 15) is 14.7 Å². The number of ketones is 1. The monoisotopic (exact) mass is 457 g/mol. The van der Waals surface area contributed by atoms with Gasteiger partial charge in [-0.05, 0) is 54.8 Å². The fourth-order valence-corrected chi connectivity index (χ4v) is 3.90. The van der Waals surface area contributed by atoms with E-state index in [2.05, 4.69) is 0 Å². The SMILES string of the molecule is CCCOc1ccc(C(O)=C2C(=O)C(=O)N(CC[NH+](C)C)[C@H]2c2ccc(Cl)cc2)cc1C. The molecule has 0 spiro atoms. The molecule has 1 fully saturated rings. The van der Waals surface area contributed by atoms with Crippen molar-refractivity contribution in [2.45, 2.75) is 26.3 Å². The molecule has 1 heterocycles. The zero-order valence-corrected chi connectivity index (χ0v) is 19.7. The number of nitrogens with one attached hydrogen (secondary N) is 1. The van der Waals surface area contributed by atoms with Crippen molar-refractivity contribution in [2.75, 3.05) is 33.8 Å². The third kappa shape index (κ3) is 4.97. The van der Waals surface area contributed by atoms with Crippen molar-refractivity contribution < 1.29 is 24.3 Å². The normalized spacial score (nSPS) is 17.9. The molecule has 2 N–H and O–H groups in total. The lowest BCUT2D eigenvalue weighted by Gasteiger charge is -2.25. The number of hydrogen-bond acceptors (Lipinski definition) is 4. The van der Waals surface area contributed by atoms with Gasteiger partial charge in [-0.3, -0.25) is 9.59 Å². The standard InChI is InChI=1S/C25H29ClN2O4/c1-5-14-32-20-11-8-18(15-16(20)2)23(29)21-22(17-6-9-19(26)10-7-17)28(13-12-27(3)4)25(31)24(21)30/h6-11,15,22,29H,5,12-14H2,1-4H3/p+1/t22-/m0/s1. The van der Waals surface area contributed by atoms with Crippen molar-refractivity contribution in [2.24, 2.45) is 0 Å². The molecule has 170 valence electrons. The van der Waals surface area contributed by atoms with Gasteiger partial charge in [-0.2, -0.15) is 0 Å². The summed E-state index contributed by atoms with van der Waals surface area (Å²) >= 11 is 6.05. The van der Waals surface area contributed by atoms with Crippen molar-refractivity contribution in [1.82, 2.24) is 4.90 Å². The third-order valence-corrected chi connectivity index (χ3v) is 5.74. The van der Waals surface area contributed by atoms with Gasteiger partial charge in [-0.1, -0.05) is 30.7 Å². The molecule has 1 saturated heterocycles. The van der Waals surface area contributed by atoms with Crippen molar-refractivity contribution in [3.05, 3.63) is 69.8 Å². The second kappa shape index (κ2) is 10.2. The van der Waals surface area contributed by atoms with Crippen LogP contribution in [0.2, 0.25) is 5.02 Å². The van der Waals surface area contributed by atoms with Gasteiger partial charge in [-0.15, -0.1) is 0 Å². The van der Waals surface area contributed by atoms with Gasteiger partial charge < -0.3 is 19.6 Å². The Bertz CT molecular complexity index is 1030. The van der Waals surface area contributed by atoms with E-state index in [4.69, 9.17) is 16.3 Å². The molecule has 32 heavy (non-hydrogen) atoms. The van der Waals surface area contributed by atoms with Gasteiger partial charge in [0.15, 0.2) is 0 Å². The van der Waals surface area contributed by atoms with Gasteiger partial charge in [0.1, 0.15) is 11.5 Å². The van der Waals surface area contributed by atoms with Gasteiger partial charge in [0, 0.05) is 10.6 Å². The average molecular weight is 458 g/mol. The first-order valence-corrected chi connectivity index (χ1v) is 11.2. The minimum Gasteiger partial charge on any atom is -0.507 e. The molecular weight excluding hydrogens is 428 g/mol. The maximum atomic E-state index is 13.1. The Hall–Kier alpha value is -2.83. The fraction of sp³-hybridized carbons (Fsp3) is 0.360. The number of halogens is 1. The zero-order chi connectivity index (χ0) is 23.4. The Morgan fingerprint density at radius 3 is 2.44 bits per heavy atom. The van der Waals surface area contributed by atoms with E-state index >= 15 is 0 Å². The molecule has 1 aliphatic heterocycles. The van der Waals surface area contributed by atoms with Crippen LogP contribution in [0.1, 0.15) is 36.1 Å². The van der Waals surface area contributed by atoms with Crippen molar-refractivity contribution in [3.8, 4) is 5.75 Å². The number of likely N-dealkylation sites (tertiary alicyclic amines) is 1. The van der Waals surface area contributed by atoms with Crippen LogP contribution in [-0.4, -0.2) is 55.5 Å². The first-order valence-electron chi connectivity index (χ1n) is 10.8. The predicted octanol–water partition coefficient (Wildman–Crippen LogP) is 3.00. The van der Waals surface area contributed by atoms with Crippen LogP contribution in [0.25, 0.3) is 5.76 Å². The maximum Gasteiger partial charge on any atom is 0.295 e. The number of aryl methyl sites for hydroxylation is 1. The second-order valence-corrected chi connectivity index (χ2v) is 8.77. The van der Waals surface area contributed by atoms with E-state index in [0.29, 0.717) is 30.3 Å². The molecule has 0 unspecified atom stereocenters. The van der Waals surface area contributed by atoms with Crippen molar-refractivity contribution in [3.63, 3.8) is 0 Å². The van der Waals surface area contributed by atoms with Crippen LogP contribution in [0.3, 0.4) is 0 Å². The Morgan fingerprint density at radius 1 is 1.16 bits per heavy atom. The number of Topliss-reactive ketones (excluding diaryl/α,β-unsaturated/α-hetero) is 1. The Kier molecular flexibility index (Phi) is 7.59. The molecule has 1 aliphatic rings. The number of quaternary nitrogens is 1. The minimum absolute atomic E-state index is 0.0905. The Balaban J connectivity index is 2.09. The van der Waals surface area contributed by atoms with Crippen LogP contribution in [0.15, 0.2) is 48.0 Å². The highest BCUT2D eigenvalue weighted by Crippen LogP contribution is 2.39. The number of amides is 1. The molecule has 0 aromatic heterocycles. The Morgan fingerprint density at radius 2 is 1.84 bits per heavy atom. The predicted molar refractivity (Wildman–Crippen MR) is 125 cm³/mol. The lowest BCUT2D eigenvalue weighted by atomic mass is 9.95. The van der Waals surface area contributed by atoms with Crippen LogP contribution in [0.5, 0.6) is 5.75 Å². The number of nitrogens with zero attached hydrogens (tertiary/aromatic N) is 1. The van der Waals surface area contributed by atoms with Gasteiger partial charge in [-0.25, -0.2) is 0 Å². The number of carbonyl (C=O) groups excluding carboxylic acids is 2. The summed E-state index contributed by atoms with van der Waals surface area (Å²) in [6.07, 6.45) is 0.889. The molecule has 3 rings (SSSR count). The van der Waals surface area contributed by atoms with Gasteiger partial charge in [0.2, 0.25) is 0 Å². The molecule has 0 aliphatic carbocycles. The average Bonchev–Trinajstić information content (AvgIpc) is 3.01. The third-order valence-electron chi connectivity index (χ3n) is 5.49. The molecule has 7 heteroatoms. The summed E-state index contributed by atoms with van der Waals surface area (Å²) in [4.78, 5) is 28.7. The van der Waals surface area contributed by atoms with E-state index < -0.39 is 17.7 Å². The first kappa shape index (κ1) is 23.8. The van der Waals surface area contributed by atoms with E-state index in [0.717, 1.165) is 28.2 Å². The van der Waals surface area contributed by atoms with Crippen molar-refractivity contribution in [1.29, 1.82) is 0 Å². The topological polar surface area (TPSA) is 71.3 Å². The molecule has 2 aromatic rings. The second-order valence-electron chi connectivity index (χ2n) is 8.33. The van der Waals surface area contributed by atoms with E-state index in [-0.39, 0.29) is 11.3 Å². The number of carbonyl (C=O) groups is 2. The molecule has 6 nitrogen and oxygen atoms in total. The number of aliphatic hydroxyl groups excluding tert-OH is 1. The molecular formula is C25H30ClN2O4+. The van der Waals surface area contributed by atoms with Crippen LogP contribution >= 0.6 is 11.6 Å². The summed E-state index contributed by atoms with van der Waals surface area (Å²) in [6, 6.07) is 11.6. The molecule has 1 atom stereocenters. The number of ether oxygens (including phenoxy) is 1. The molecule has 0 bridgehead atoms. The highest BCUT2D eigenvalue weighted by Gasteiger charge is 2.46. The van der Waals surface area contributed by atoms with Gasteiger partial charge in [0.05, 0.1) is 45.4 Å². The van der Waals surface area contributed by atoms with Crippen LogP contribution < -0.4 is 9.64 Å². The molecule has 0 saturated carbocycles. The molecule has 1 amide bonds.